The molecule has 1 heterocycles. The second-order valence-electron chi connectivity index (χ2n) is 7.74. The van der Waals surface area contributed by atoms with Gasteiger partial charge in [-0.05, 0) is 43.3 Å². The van der Waals surface area contributed by atoms with E-state index in [1.54, 1.807) is 0 Å². The van der Waals surface area contributed by atoms with Crippen LogP contribution >= 0.6 is 11.3 Å². The number of nitrogens with one attached hydrogen (secondary N) is 1. The molecule has 1 N–H and O–H groups in total. The summed E-state index contributed by atoms with van der Waals surface area (Å²) in [6, 6.07) is 13.6. The summed E-state index contributed by atoms with van der Waals surface area (Å²) >= 11 is 1.53. The molecule has 3 aromatic rings. The summed E-state index contributed by atoms with van der Waals surface area (Å²) in [6.45, 7) is 4.16. The number of rotatable bonds is 9. The Morgan fingerprint density at radius 2 is 1.87 bits per heavy atom. The first-order valence-electron chi connectivity index (χ1n) is 10.3. The number of thiazole rings is 1. The molecule has 0 spiro atoms. The van der Waals surface area contributed by atoms with Gasteiger partial charge in [0, 0.05) is 38.3 Å². The van der Waals surface area contributed by atoms with Crippen molar-refractivity contribution in [2.24, 2.45) is 0 Å². The molecule has 0 bridgehead atoms. The predicted octanol–water partition coefficient (Wildman–Crippen LogP) is 2.94. The van der Waals surface area contributed by atoms with Crippen LogP contribution in [0.1, 0.15) is 23.7 Å². The number of benzene rings is 2. The van der Waals surface area contributed by atoms with Gasteiger partial charge in [0.05, 0.1) is 31.9 Å². The van der Waals surface area contributed by atoms with Crippen LogP contribution in [0.4, 0.5) is 10.8 Å². The van der Waals surface area contributed by atoms with E-state index in [2.05, 4.69) is 14.1 Å². The lowest BCUT2D eigenvalue weighted by molar-refractivity contribution is -0.858. The average Bonchev–Trinajstić information content (AvgIpc) is 3.16. The summed E-state index contributed by atoms with van der Waals surface area (Å²) in [4.78, 5) is 23.4. The summed E-state index contributed by atoms with van der Waals surface area (Å²) in [5, 5.41) is 0.715. The molecule has 0 aliphatic rings. The number of fused-ring (bicyclic) bond motifs is 1. The van der Waals surface area contributed by atoms with Crippen molar-refractivity contribution < 1.29 is 14.4 Å². The highest BCUT2D eigenvalue weighted by molar-refractivity contribution is 7.22. The lowest BCUT2D eigenvalue weighted by Gasteiger charge is -2.21. The molecule has 3 rings (SSSR count). The molecule has 0 saturated heterocycles. The van der Waals surface area contributed by atoms with Crippen molar-refractivity contribution in [3.8, 4) is 5.75 Å². The van der Waals surface area contributed by atoms with Crippen molar-refractivity contribution in [1.82, 2.24) is 4.98 Å². The van der Waals surface area contributed by atoms with E-state index in [1.807, 2.05) is 73.3 Å². The second-order valence-corrected chi connectivity index (χ2v) is 8.75. The SMILES string of the molecule is CCOc1cccc2sc(N(CCC[NH+](C)C)C(=O)c3ccc(N(C)C)cc3)nc12. The zero-order valence-electron chi connectivity index (χ0n) is 18.4. The van der Waals surface area contributed by atoms with E-state index >= 15 is 0 Å². The van der Waals surface area contributed by atoms with Crippen LogP contribution in [0.2, 0.25) is 0 Å². The number of ether oxygens (including phenoxy) is 1. The summed E-state index contributed by atoms with van der Waals surface area (Å²) < 4.78 is 6.76. The maximum atomic E-state index is 13.4. The monoisotopic (exact) mass is 427 g/mol. The predicted molar refractivity (Wildman–Crippen MR) is 126 cm³/mol. The number of hydrogen-bond acceptors (Lipinski definition) is 5. The van der Waals surface area contributed by atoms with Gasteiger partial charge in [-0.3, -0.25) is 9.69 Å². The van der Waals surface area contributed by atoms with Crippen molar-refractivity contribution >= 4 is 38.3 Å². The van der Waals surface area contributed by atoms with E-state index in [-0.39, 0.29) is 5.91 Å². The minimum Gasteiger partial charge on any atom is -0.492 e. The third-order valence-corrected chi connectivity index (χ3v) is 5.88. The minimum atomic E-state index is -0.0221. The summed E-state index contributed by atoms with van der Waals surface area (Å²) in [7, 11) is 8.23. The number of nitrogens with zero attached hydrogens (tertiary/aromatic N) is 3. The van der Waals surface area contributed by atoms with E-state index in [9.17, 15) is 4.79 Å². The van der Waals surface area contributed by atoms with E-state index in [0.717, 1.165) is 34.6 Å². The number of carbonyl (C=O) groups excluding carboxylic acids is 1. The Balaban J connectivity index is 1.94. The first-order chi connectivity index (χ1) is 14.4. The van der Waals surface area contributed by atoms with E-state index in [1.165, 1.54) is 16.2 Å². The summed E-state index contributed by atoms with van der Waals surface area (Å²) in [6.07, 6.45) is 0.901. The maximum Gasteiger partial charge on any atom is 0.260 e. The first-order valence-corrected chi connectivity index (χ1v) is 11.1. The molecular weight excluding hydrogens is 396 g/mol. The Kier molecular flexibility index (Phi) is 7.29. The molecule has 1 aromatic heterocycles. The zero-order chi connectivity index (χ0) is 21.7. The van der Waals surface area contributed by atoms with Gasteiger partial charge in [-0.25, -0.2) is 4.98 Å². The average molecular weight is 428 g/mol. The van der Waals surface area contributed by atoms with Crippen LogP contribution in [-0.2, 0) is 0 Å². The van der Waals surface area contributed by atoms with Crippen molar-refractivity contribution in [3.05, 3.63) is 48.0 Å². The lowest BCUT2D eigenvalue weighted by atomic mass is 10.1. The van der Waals surface area contributed by atoms with Gasteiger partial charge in [-0.15, -0.1) is 0 Å². The van der Waals surface area contributed by atoms with Crippen molar-refractivity contribution in [3.63, 3.8) is 0 Å². The van der Waals surface area contributed by atoms with Crippen LogP contribution in [-0.4, -0.2) is 58.8 Å². The van der Waals surface area contributed by atoms with Crippen LogP contribution in [0, 0.1) is 0 Å². The van der Waals surface area contributed by atoms with Crippen molar-refractivity contribution in [2.45, 2.75) is 13.3 Å². The molecule has 0 radical (unpaired) electrons. The highest BCUT2D eigenvalue weighted by Gasteiger charge is 2.22. The number of quaternary nitrogens is 1. The topological polar surface area (TPSA) is 50.1 Å². The third-order valence-electron chi connectivity index (χ3n) is 4.84. The van der Waals surface area contributed by atoms with Crippen LogP contribution in [0.15, 0.2) is 42.5 Å². The number of para-hydroxylation sites is 1. The molecule has 0 aliphatic carbocycles. The highest BCUT2D eigenvalue weighted by Crippen LogP contribution is 2.35. The molecule has 2 aromatic carbocycles. The quantitative estimate of drug-likeness (QED) is 0.571. The Bertz CT molecular complexity index is 983. The van der Waals surface area contributed by atoms with Gasteiger partial charge < -0.3 is 14.5 Å². The molecule has 30 heavy (non-hydrogen) atoms. The maximum absolute atomic E-state index is 13.4. The lowest BCUT2D eigenvalue weighted by Crippen LogP contribution is -3.05. The van der Waals surface area contributed by atoms with Crippen molar-refractivity contribution in [2.75, 3.05) is 57.7 Å². The smallest absolute Gasteiger partial charge is 0.260 e. The standard InChI is InChI=1S/C23H30N4O2S/c1-6-29-19-9-7-10-20-21(19)24-23(30-20)27(16-8-15-25(2)3)22(28)17-11-13-18(14-12-17)26(4)5/h7,9-14H,6,8,15-16H2,1-5H3/p+1. The molecule has 1 amide bonds. The second kappa shape index (κ2) is 9.91. The molecule has 0 aliphatic heterocycles. The van der Waals surface area contributed by atoms with Gasteiger partial charge in [-0.1, -0.05) is 17.4 Å². The van der Waals surface area contributed by atoms with Crippen LogP contribution in [0.3, 0.4) is 0 Å². The number of amides is 1. The summed E-state index contributed by atoms with van der Waals surface area (Å²) in [5.74, 6) is 0.740. The zero-order valence-corrected chi connectivity index (χ0v) is 19.3. The molecule has 7 heteroatoms. The largest absolute Gasteiger partial charge is 0.492 e. The van der Waals surface area contributed by atoms with Gasteiger partial charge in [0.2, 0.25) is 0 Å². The van der Waals surface area contributed by atoms with Gasteiger partial charge >= 0.3 is 0 Å². The first kappa shape index (κ1) is 22.1. The van der Waals surface area contributed by atoms with Gasteiger partial charge in [-0.2, -0.15) is 0 Å². The van der Waals surface area contributed by atoms with Crippen LogP contribution in [0.5, 0.6) is 5.75 Å². The Morgan fingerprint density at radius 1 is 1.13 bits per heavy atom. The normalized spacial score (nSPS) is 11.1. The fraction of sp³-hybridized carbons (Fsp3) is 0.391. The Morgan fingerprint density at radius 3 is 2.50 bits per heavy atom. The molecule has 0 fully saturated rings. The number of anilines is 2. The molecule has 160 valence electrons. The molecule has 6 nitrogen and oxygen atoms in total. The Labute approximate surface area is 182 Å². The fourth-order valence-corrected chi connectivity index (χ4v) is 4.24. The number of hydrogen-bond donors (Lipinski definition) is 1. The van der Waals surface area contributed by atoms with Crippen LogP contribution in [0.25, 0.3) is 10.2 Å². The van der Waals surface area contributed by atoms with E-state index in [0.29, 0.717) is 23.8 Å². The van der Waals surface area contributed by atoms with E-state index < -0.39 is 0 Å². The van der Waals surface area contributed by atoms with Gasteiger partial charge in [0.25, 0.3) is 5.91 Å². The van der Waals surface area contributed by atoms with E-state index in [4.69, 9.17) is 9.72 Å². The van der Waals surface area contributed by atoms with Gasteiger partial charge in [0.15, 0.2) is 5.13 Å². The molecular formula is C23H31N4O2S+. The fourth-order valence-electron chi connectivity index (χ4n) is 3.23. The number of carbonyl (C=O) groups is 1. The van der Waals surface area contributed by atoms with Crippen molar-refractivity contribution in [1.29, 1.82) is 0 Å². The minimum absolute atomic E-state index is 0.0221. The third kappa shape index (κ3) is 5.09. The molecule has 0 atom stereocenters. The highest BCUT2D eigenvalue weighted by atomic mass is 32.1. The van der Waals surface area contributed by atoms with Crippen LogP contribution < -0.4 is 19.4 Å². The molecule has 0 unspecified atom stereocenters. The molecule has 0 saturated carbocycles. The summed E-state index contributed by atoms with van der Waals surface area (Å²) in [5.41, 5.74) is 2.55. The van der Waals surface area contributed by atoms with Gasteiger partial charge in [0.1, 0.15) is 11.3 Å². The number of aromatic nitrogens is 1. The Hall–Kier alpha value is -2.64.